The summed E-state index contributed by atoms with van der Waals surface area (Å²) in [4.78, 5) is 8.70. The van der Waals surface area contributed by atoms with Gasteiger partial charge in [-0.25, -0.2) is 9.97 Å². The Morgan fingerprint density at radius 2 is 2.10 bits per heavy atom. The third-order valence-electron chi connectivity index (χ3n) is 3.77. The van der Waals surface area contributed by atoms with Gasteiger partial charge in [-0.2, -0.15) is 0 Å². The number of nitrogen functional groups attached to an aromatic ring is 1. The number of nitrogens with zero attached hydrogens (tertiary/aromatic N) is 2. The van der Waals surface area contributed by atoms with Crippen LogP contribution in [0.15, 0.2) is 5.16 Å². The van der Waals surface area contributed by atoms with Gasteiger partial charge in [0.25, 0.3) is 0 Å². The molecular weight excluding hydrogens is 296 g/mol. The van der Waals surface area contributed by atoms with E-state index in [1.54, 1.807) is 11.8 Å². The predicted molar refractivity (Wildman–Crippen MR) is 82.2 cm³/mol. The van der Waals surface area contributed by atoms with Gasteiger partial charge in [0.05, 0.1) is 6.10 Å². The first-order valence-corrected chi connectivity index (χ1v) is 8.38. The molecule has 2 fully saturated rings. The van der Waals surface area contributed by atoms with Gasteiger partial charge in [-0.3, -0.25) is 0 Å². The van der Waals surface area contributed by atoms with E-state index in [-0.39, 0.29) is 12.1 Å². The van der Waals surface area contributed by atoms with Crippen molar-refractivity contribution in [3.05, 3.63) is 5.15 Å². The van der Waals surface area contributed by atoms with Gasteiger partial charge in [-0.1, -0.05) is 23.4 Å². The number of aliphatic hydroxyl groups excluding tert-OH is 1. The van der Waals surface area contributed by atoms with Crippen molar-refractivity contribution < 1.29 is 5.11 Å². The molecule has 0 unspecified atom stereocenters. The summed E-state index contributed by atoms with van der Waals surface area (Å²) in [7, 11) is 0. The van der Waals surface area contributed by atoms with Gasteiger partial charge in [0.15, 0.2) is 16.1 Å². The molecule has 2 aliphatic rings. The molecule has 1 heterocycles. The number of hydrogen-bond acceptors (Lipinski definition) is 6. The Labute approximate surface area is 127 Å². The maximum atomic E-state index is 9.57. The van der Waals surface area contributed by atoms with Crippen LogP contribution in [0.2, 0.25) is 5.15 Å². The van der Waals surface area contributed by atoms with Crippen LogP contribution in [-0.2, 0) is 0 Å². The average Bonchev–Trinajstić information content (AvgIpc) is 3.15. The number of hydrogen-bond donors (Lipinski definition) is 3. The van der Waals surface area contributed by atoms with Crippen molar-refractivity contribution in [3.63, 3.8) is 0 Å². The molecule has 1 aromatic heterocycles. The minimum absolute atomic E-state index is 0.208. The summed E-state index contributed by atoms with van der Waals surface area (Å²) in [5, 5.41) is 13.8. The normalized spacial score (nSPS) is 25.9. The fourth-order valence-corrected chi connectivity index (χ4v) is 3.61. The molecule has 3 rings (SSSR count). The molecule has 1 aromatic rings. The van der Waals surface area contributed by atoms with Crippen LogP contribution in [0.4, 0.5) is 11.5 Å². The lowest BCUT2D eigenvalue weighted by Crippen LogP contribution is -2.19. The first kappa shape index (κ1) is 14.2. The molecule has 0 bridgehead atoms. The van der Waals surface area contributed by atoms with Crippen molar-refractivity contribution in [2.45, 2.75) is 49.4 Å². The molecule has 2 saturated carbocycles. The second kappa shape index (κ2) is 5.95. The van der Waals surface area contributed by atoms with Gasteiger partial charge >= 0.3 is 0 Å². The third kappa shape index (κ3) is 3.48. The summed E-state index contributed by atoms with van der Waals surface area (Å²) in [5.41, 5.74) is 6.33. The molecule has 20 heavy (non-hydrogen) atoms. The maximum Gasteiger partial charge on any atom is 0.191 e. The van der Waals surface area contributed by atoms with E-state index in [9.17, 15) is 5.11 Å². The summed E-state index contributed by atoms with van der Waals surface area (Å²) < 4.78 is 0. The zero-order valence-corrected chi connectivity index (χ0v) is 12.8. The number of thioether (sulfide) groups is 1. The number of aliphatic hydroxyl groups is 1. The van der Waals surface area contributed by atoms with E-state index in [4.69, 9.17) is 17.3 Å². The van der Waals surface area contributed by atoms with Gasteiger partial charge in [0.1, 0.15) is 5.69 Å². The fraction of sp³-hybridized carbons (Fsp3) is 0.692. The molecule has 7 heteroatoms. The van der Waals surface area contributed by atoms with E-state index in [2.05, 4.69) is 15.3 Å². The van der Waals surface area contributed by atoms with Crippen molar-refractivity contribution in [2.24, 2.45) is 5.92 Å². The standard InChI is InChI=1S/C13H19ClN4OS/c14-11-10(15)12(16-8-3-4-9(19)5-8)18-13(17-11)20-6-7-1-2-7/h7-9,19H,1-6,15H2,(H,16,17,18)/t8-,9+/m0/s1. The molecule has 110 valence electrons. The lowest BCUT2D eigenvalue weighted by atomic mass is 10.2. The van der Waals surface area contributed by atoms with Gasteiger partial charge in [-0.05, 0) is 38.0 Å². The van der Waals surface area contributed by atoms with Crippen LogP contribution < -0.4 is 11.1 Å². The first-order chi connectivity index (χ1) is 9.61. The van der Waals surface area contributed by atoms with E-state index >= 15 is 0 Å². The van der Waals surface area contributed by atoms with E-state index < -0.39 is 0 Å². The first-order valence-electron chi connectivity index (χ1n) is 7.02. The van der Waals surface area contributed by atoms with Crippen LogP contribution in [-0.4, -0.2) is 33.0 Å². The molecular formula is C13H19ClN4OS. The van der Waals surface area contributed by atoms with Crippen LogP contribution in [0, 0.1) is 5.92 Å². The molecule has 4 N–H and O–H groups in total. The number of anilines is 2. The highest BCUT2D eigenvalue weighted by atomic mass is 35.5. The Balaban J connectivity index is 1.70. The Hall–Kier alpha value is -0.720. The van der Waals surface area contributed by atoms with Crippen molar-refractivity contribution >= 4 is 34.9 Å². The van der Waals surface area contributed by atoms with Gasteiger partial charge in [0.2, 0.25) is 0 Å². The third-order valence-corrected chi connectivity index (χ3v) is 5.14. The zero-order chi connectivity index (χ0) is 14.1. The predicted octanol–water partition coefficient (Wildman–Crippen LogP) is 2.54. The van der Waals surface area contributed by atoms with Crippen LogP contribution >= 0.6 is 23.4 Å². The van der Waals surface area contributed by atoms with Crippen LogP contribution in [0.1, 0.15) is 32.1 Å². The highest BCUT2D eigenvalue weighted by Gasteiger charge is 2.25. The molecule has 0 aliphatic heterocycles. The zero-order valence-electron chi connectivity index (χ0n) is 11.2. The van der Waals surface area contributed by atoms with Gasteiger partial charge < -0.3 is 16.2 Å². The Morgan fingerprint density at radius 3 is 2.75 bits per heavy atom. The van der Waals surface area contributed by atoms with E-state index in [0.29, 0.717) is 21.8 Å². The number of nitrogens with two attached hydrogens (primary N) is 1. The Morgan fingerprint density at radius 1 is 1.30 bits per heavy atom. The molecule has 0 amide bonds. The summed E-state index contributed by atoms with van der Waals surface area (Å²) in [6.07, 6.45) is 4.86. The minimum Gasteiger partial charge on any atom is -0.393 e. The monoisotopic (exact) mass is 314 g/mol. The quantitative estimate of drug-likeness (QED) is 0.440. The SMILES string of the molecule is Nc1c(Cl)nc(SCC2CC2)nc1N[C@H]1CC[C@@H](O)C1. The maximum absolute atomic E-state index is 9.57. The molecule has 0 radical (unpaired) electrons. The second-order valence-corrected chi connectivity index (χ2v) is 6.97. The topological polar surface area (TPSA) is 84.1 Å². The molecule has 0 aromatic carbocycles. The Bertz CT molecular complexity index is 498. The lowest BCUT2D eigenvalue weighted by molar-refractivity contribution is 0.182. The highest BCUT2D eigenvalue weighted by molar-refractivity contribution is 7.99. The average molecular weight is 315 g/mol. The summed E-state index contributed by atoms with van der Waals surface area (Å²) in [6, 6.07) is 0.208. The number of aromatic nitrogens is 2. The summed E-state index contributed by atoms with van der Waals surface area (Å²) >= 11 is 7.72. The molecule has 2 aliphatic carbocycles. The largest absolute Gasteiger partial charge is 0.393 e. The molecule has 2 atom stereocenters. The van der Waals surface area contributed by atoms with Crippen molar-refractivity contribution in [1.82, 2.24) is 9.97 Å². The number of rotatable bonds is 5. The Kier molecular flexibility index (Phi) is 4.23. The summed E-state index contributed by atoms with van der Waals surface area (Å²) in [5.74, 6) is 2.45. The van der Waals surface area contributed by atoms with Crippen molar-refractivity contribution in [2.75, 3.05) is 16.8 Å². The number of nitrogens with one attached hydrogen (secondary N) is 1. The lowest BCUT2D eigenvalue weighted by Gasteiger charge is -2.15. The molecule has 0 spiro atoms. The number of halogens is 1. The van der Waals surface area contributed by atoms with Crippen LogP contribution in [0.5, 0.6) is 0 Å². The van der Waals surface area contributed by atoms with Crippen molar-refractivity contribution in [3.8, 4) is 0 Å². The minimum atomic E-state index is -0.227. The molecule has 0 saturated heterocycles. The van der Waals surface area contributed by atoms with Gasteiger partial charge in [-0.15, -0.1) is 0 Å². The molecule has 5 nitrogen and oxygen atoms in total. The van der Waals surface area contributed by atoms with Gasteiger partial charge in [0, 0.05) is 11.8 Å². The van der Waals surface area contributed by atoms with E-state index in [1.807, 2.05) is 0 Å². The fourth-order valence-electron chi connectivity index (χ4n) is 2.36. The van der Waals surface area contributed by atoms with E-state index in [0.717, 1.165) is 30.9 Å². The van der Waals surface area contributed by atoms with Crippen LogP contribution in [0.3, 0.4) is 0 Å². The van der Waals surface area contributed by atoms with Crippen molar-refractivity contribution in [1.29, 1.82) is 0 Å². The van der Waals surface area contributed by atoms with E-state index in [1.165, 1.54) is 12.8 Å². The van der Waals surface area contributed by atoms with Crippen LogP contribution in [0.25, 0.3) is 0 Å². The highest BCUT2D eigenvalue weighted by Crippen LogP contribution is 2.36. The summed E-state index contributed by atoms with van der Waals surface area (Å²) in [6.45, 7) is 0. The smallest absolute Gasteiger partial charge is 0.191 e. The second-order valence-electron chi connectivity index (χ2n) is 5.62.